The molecule has 2 amide bonds. The number of carbonyl (C=O) groups excluding carboxylic acids is 2. The van der Waals surface area contributed by atoms with Crippen LogP contribution in [0.5, 0.6) is 5.75 Å². The second-order valence-corrected chi connectivity index (χ2v) is 8.38. The smallest absolute Gasteiger partial charge is 0.265 e. The Morgan fingerprint density at radius 2 is 2.00 bits per heavy atom. The Labute approximate surface area is 186 Å². The van der Waals surface area contributed by atoms with Gasteiger partial charge in [-0.05, 0) is 24.6 Å². The SMILES string of the molecule is CCCCN(C)C(=O)CN1C(=O)COc2ccc(-c3csc(-c4ccccc4)n3)cc21. The zero-order valence-corrected chi connectivity index (χ0v) is 18.5. The predicted molar refractivity (Wildman–Crippen MR) is 123 cm³/mol. The van der Waals surface area contributed by atoms with E-state index in [2.05, 4.69) is 6.92 Å². The molecule has 0 bridgehead atoms. The van der Waals surface area contributed by atoms with E-state index in [1.165, 1.54) is 4.90 Å². The Bertz CT molecular complexity index is 1080. The lowest BCUT2D eigenvalue weighted by Gasteiger charge is -2.30. The molecule has 0 saturated carbocycles. The average Bonchev–Trinajstić information content (AvgIpc) is 3.30. The van der Waals surface area contributed by atoms with Gasteiger partial charge >= 0.3 is 0 Å². The summed E-state index contributed by atoms with van der Waals surface area (Å²) >= 11 is 1.57. The maximum atomic E-state index is 12.7. The number of benzene rings is 2. The molecule has 7 heteroatoms. The Morgan fingerprint density at radius 3 is 2.77 bits per heavy atom. The van der Waals surface area contributed by atoms with Crippen molar-refractivity contribution in [3.05, 3.63) is 53.9 Å². The van der Waals surface area contributed by atoms with Gasteiger partial charge < -0.3 is 9.64 Å². The van der Waals surface area contributed by atoms with Gasteiger partial charge in [-0.3, -0.25) is 14.5 Å². The first kappa shape index (κ1) is 21.1. The summed E-state index contributed by atoms with van der Waals surface area (Å²) in [5, 5.41) is 2.94. The number of fused-ring (bicyclic) bond motifs is 1. The molecule has 3 aromatic rings. The average molecular weight is 436 g/mol. The van der Waals surface area contributed by atoms with E-state index in [0.717, 1.165) is 34.7 Å². The van der Waals surface area contributed by atoms with Gasteiger partial charge in [0.1, 0.15) is 17.3 Å². The zero-order valence-electron chi connectivity index (χ0n) is 17.7. The Kier molecular flexibility index (Phi) is 6.32. The van der Waals surface area contributed by atoms with E-state index >= 15 is 0 Å². The van der Waals surface area contributed by atoms with Gasteiger partial charge in [0.25, 0.3) is 5.91 Å². The monoisotopic (exact) mass is 435 g/mol. The van der Waals surface area contributed by atoms with Gasteiger partial charge in [0, 0.05) is 30.1 Å². The van der Waals surface area contributed by atoms with Crippen molar-refractivity contribution in [2.75, 3.05) is 31.6 Å². The van der Waals surface area contributed by atoms with Crippen LogP contribution >= 0.6 is 11.3 Å². The maximum Gasteiger partial charge on any atom is 0.265 e. The first-order valence-electron chi connectivity index (χ1n) is 10.4. The fraction of sp³-hybridized carbons (Fsp3) is 0.292. The van der Waals surface area contributed by atoms with Crippen LogP contribution in [0.3, 0.4) is 0 Å². The van der Waals surface area contributed by atoms with Crippen molar-refractivity contribution in [2.24, 2.45) is 0 Å². The quantitative estimate of drug-likeness (QED) is 0.550. The van der Waals surface area contributed by atoms with E-state index < -0.39 is 0 Å². The van der Waals surface area contributed by atoms with Gasteiger partial charge in [0.2, 0.25) is 5.91 Å². The number of carbonyl (C=O) groups is 2. The minimum absolute atomic E-state index is 0.00515. The lowest BCUT2D eigenvalue weighted by Crippen LogP contribution is -2.45. The minimum Gasteiger partial charge on any atom is -0.482 e. The molecule has 0 radical (unpaired) electrons. The fourth-order valence-corrected chi connectivity index (χ4v) is 4.27. The first-order valence-corrected chi connectivity index (χ1v) is 11.3. The molecule has 6 nitrogen and oxygen atoms in total. The predicted octanol–water partition coefficient (Wildman–Crippen LogP) is 4.46. The summed E-state index contributed by atoms with van der Waals surface area (Å²) in [6, 6.07) is 15.7. The van der Waals surface area contributed by atoms with E-state index in [9.17, 15) is 9.59 Å². The van der Waals surface area contributed by atoms with Gasteiger partial charge in [-0.25, -0.2) is 4.98 Å². The molecule has 160 valence electrons. The number of thiazole rings is 1. The van der Waals surface area contributed by atoms with Crippen molar-refractivity contribution in [1.29, 1.82) is 0 Å². The summed E-state index contributed by atoms with van der Waals surface area (Å²) in [5.74, 6) is 0.302. The standard InChI is InChI=1S/C24H25N3O3S/c1-3-4-12-26(2)22(28)14-27-20-13-18(10-11-21(20)30-15-23(27)29)19-16-31-24(25-19)17-8-6-5-7-9-17/h5-11,13,16H,3-4,12,14-15H2,1-2H3. The van der Waals surface area contributed by atoms with Crippen LogP contribution in [-0.2, 0) is 9.59 Å². The van der Waals surface area contributed by atoms with Crippen LogP contribution in [0.1, 0.15) is 19.8 Å². The van der Waals surface area contributed by atoms with E-state index in [4.69, 9.17) is 9.72 Å². The Morgan fingerprint density at radius 1 is 1.19 bits per heavy atom. The largest absolute Gasteiger partial charge is 0.482 e. The molecule has 31 heavy (non-hydrogen) atoms. The number of aromatic nitrogens is 1. The summed E-state index contributed by atoms with van der Waals surface area (Å²) in [4.78, 5) is 33.2. The third-order valence-corrected chi connectivity index (χ3v) is 6.18. The second-order valence-electron chi connectivity index (χ2n) is 7.52. The van der Waals surface area contributed by atoms with E-state index in [1.54, 1.807) is 23.3 Å². The normalized spacial score (nSPS) is 13.0. The van der Waals surface area contributed by atoms with Gasteiger partial charge in [0.05, 0.1) is 11.4 Å². The van der Waals surface area contributed by atoms with Crippen molar-refractivity contribution < 1.29 is 14.3 Å². The number of amides is 2. The summed E-state index contributed by atoms with van der Waals surface area (Å²) in [7, 11) is 1.78. The molecule has 0 aliphatic carbocycles. The van der Waals surface area contributed by atoms with Crippen LogP contribution < -0.4 is 9.64 Å². The molecule has 4 rings (SSSR count). The minimum atomic E-state index is -0.217. The zero-order chi connectivity index (χ0) is 21.8. The molecule has 2 aromatic carbocycles. The fourth-order valence-electron chi connectivity index (χ4n) is 3.43. The number of hydrogen-bond donors (Lipinski definition) is 0. The third-order valence-electron chi connectivity index (χ3n) is 5.29. The molecule has 0 unspecified atom stereocenters. The summed E-state index contributed by atoms with van der Waals surface area (Å²) in [6.45, 7) is 2.71. The van der Waals surface area contributed by atoms with Crippen LogP contribution in [-0.4, -0.2) is 48.4 Å². The highest BCUT2D eigenvalue weighted by molar-refractivity contribution is 7.13. The highest BCUT2D eigenvalue weighted by atomic mass is 32.1. The molecule has 0 saturated heterocycles. The summed E-state index contributed by atoms with van der Waals surface area (Å²) in [6.07, 6.45) is 1.95. The number of nitrogens with zero attached hydrogens (tertiary/aromatic N) is 3. The van der Waals surface area contributed by atoms with Crippen molar-refractivity contribution >= 4 is 28.8 Å². The van der Waals surface area contributed by atoms with Gasteiger partial charge in [-0.2, -0.15) is 0 Å². The lowest BCUT2D eigenvalue weighted by atomic mass is 10.1. The molecule has 2 heterocycles. The molecule has 0 spiro atoms. The Balaban J connectivity index is 1.60. The van der Waals surface area contributed by atoms with Crippen LogP contribution in [0.4, 0.5) is 5.69 Å². The van der Waals surface area contributed by atoms with Crippen molar-refractivity contribution in [2.45, 2.75) is 19.8 Å². The second kappa shape index (κ2) is 9.31. The van der Waals surface area contributed by atoms with Gasteiger partial charge in [-0.1, -0.05) is 43.7 Å². The van der Waals surface area contributed by atoms with Crippen molar-refractivity contribution in [1.82, 2.24) is 9.88 Å². The highest BCUT2D eigenvalue weighted by Gasteiger charge is 2.29. The van der Waals surface area contributed by atoms with Crippen molar-refractivity contribution in [3.63, 3.8) is 0 Å². The lowest BCUT2D eigenvalue weighted by molar-refractivity contribution is -0.131. The molecule has 1 aromatic heterocycles. The maximum absolute atomic E-state index is 12.7. The number of anilines is 1. The van der Waals surface area contributed by atoms with Gasteiger partial charge in [-0.15, -0.1) is 11.3 Å². The molecule has 1 aliphatic rings. The summed E-state index contributed by atoms with van der Waals surface area (Å²) in [5.41, 5.74) is 3.39. The number of rotatable bonds is 7. The summed E-state index contributed by atoms with van der Waals surface area (Å²) < 4.78 is 5.60. The van der Waals surface area contributed by atoms with Crippen LogP contribution in [0.25, 0.3) is 21.8 Å². The highest BCUT2D eigenvalue weighted by Crippen LogP contribution is 2.37. The molecule has 0 fully saturated rings. The van der Waals surface area contributed by atoms with Gasteiger partial charge in [0.15, 0.2) is 6.61 Å². The topological polar surface area (TPSA) is 62.7 Å². The molecular formula is C24H25N3O3S. The molecular weight excluding hydrogens is 410 g/mol. The third kappa shape index (κ3) is 4.61. The molecule has 0 N–H and O–H groups in total. The van der Waals surface area contributed by atoms with Crippen molar-refractivity contribution in [3.8, 4) is 27.6 Å². The number of ether oxygens (including phenoxy) is 1. The molecule has 0 atom stereocenters. The van der Waals surface area contributed by atoms with Crippen LogP contribution in [0.2, 0.25) is 0 Å². The number of hydrogen-bond acceptors (Lipinski definition) is 5. The van der Waals surface area contributed by atoms with E-state index in [-0.39, 0.29) is 25.0 Å². The van der Waals surface area contributed by atoms with Crippen LogP contribution in [0.15, 0.2) is 53.9 Å². The first-order chi connectivity index (χ1) is 15.1. The number of unbranched alkanes of at least 4 members (excludes halogenated alkanes) is 1. The Hall–Kier alpha value is -3.19. The molecule has 1 aliphatic heterocycles. The van der Waals surface area contributed by atoms with Crippen LogP contribution in [0, 0.1) is 0 Å². The van der Waals surface area contributed by atoms with E-state index in [0.29, 0.717) is 18.0 Å². The number of likely N-dealkylation sites (N-methyl/N-ethyl adjacent to an activating group) is 1. The van der Waals surface area contributed by atoms with E-state index in [1.807, 2.05) is 53.9 Å².